The van der Waals surface area contributed by atoms with Crippen LogP contribution in [0.4, 0.5) is 0 Å². The van der Waals surface area contributed by atoms with Crippen molar-refractivity contribution in [3.05, 3.63) is 35.9 Å². The van der Waals surface area contributed by atoms with Gasteiger partial charge in [-0.05, 0) is 12.5 Å². The highest BCUT2D eigenvalue weighted by Gasteiger charge is 2.19. The minimum atomic E-state index is -1.14. The summed E-state index contributed by atoms with van der Waals surface area (Å²) in [5.74, 6) is -0.645. The molecule has 0 aliphatic rings. The van der Waals surface area contributed by atoms with Crippen molar-refractivity contribution >= 4 is 12.3 Å². The maximum absolute atomic E-state index is 11.2. The molecule has 1 atom stereocenters. The van der Waals surface area contributed by atoms with Crippen molar-refractivity contribution in [3.63, 3.8) is 0 Å². The molecule has 1 rings (SSSR count). The molecule has 86 valence electrons. The Morgan fingerprint density at radius 1 is 1.38 bits per heavy atom. The lowest BCUT2D eigenvalue weighted by Gasteiger charge is -2.10. The Morgan fingerprint density at radius 2 is 2.06 bits per heavy atom. The summed E-state index contributed by atoms with van der Waals surface area (Å²) in [6.07, 6.45) is -0.693. The molecule has 0 aliphatic heterocycles. The summed E-state index contributed by atoms with van der Waals surface area (Å²) in [6.45, 7) is 2.12. The molecule has 0 bridgehead atoms. The zero-order chi connectivity index (χ0) is 11.8. The number of benzene rings is 1. The molecule has 4 heteroatoms. The van der Waals surface area contributed by atoms with Crippen LogP contribution in [0.1, 0.15) is 12.5 Å². The summed E-state index contributed by atoms with van der Waals surface area (Å²) in [6, 6.07) is 9.31. The van der Waals surface area contributed by atoms with Crippen LogP contribution < -0.4 is 0 Å². The van der Waals surface area contributed by atoms with Crippen LogP contribution in [-0.4, -0.2) is 25.0 Å². The molecule has 0 amide bonds. The van der Waals surface area contributed by atoms with Crippen LogP contribution in [0.3, 0.4) is 0 Å². The Morgan fingerprint density at radius 3 is 2.62 bits per heavy atom. The molecule has 0 N–H and O–H groups in total. The van der Waals surface area contributed by atoms with E-state index in [0.29, 0.717) is 6.29 Å². The molecule has 0 heterocycles. The van der Waals surface area contributed by atoms with Gasteiger partial charge in [0.15, 0.2) is 6.29 Å². The van der Waals surface area contributed by atoms with Crippen LogP contribution in [0.25, 0.3) is 0 Å². The zero-order valence-electron chi connectivity index (χ0n) is 9.09. The molecule has 0 radical (unpaired) electrons. The molecule has 0 spiro atoms. The minimum Gasteiger partial charge on any atom is -0.464 e. The van der Waals surface area contributed by atoms with Crippen LogP contribution >= 0.6 is 0 Å². The fourth-order valence-corrected chi connectivity index (χ4v) is 1.15. The van der Waals surface area contributed by atoms with Crippen LogP contribution in [0.5, 0.6) is 0 Å². The molecule has 4 nitrogen and oxygen atoms in total. The number of hydrogen-bond acceptors (Lipinski definition) is 4. The summed E-state index contributed by atoms with van der Waals surface area (Å²) < 4.78 is 9.84. The summed E-state index contributed by atoms with van der Waals surface area (Å²) in [4.78, 5) is 21.8. The third kappa shape index (κ3) is 3.82. The van der Waals surface area contributed by atoms with E-state index in [0.717, 1.165) is 5.56 Å². The molecule has 0 fully saturated rings. The standard InChI is InChI=1S/C12H14O4/c1-2-15-12(14)11(8-13)16-9-10-6-4-3-5-7-10/h3-8,11H,2,9H2,1H3/t11-/m1/s1. The van der Waals surface area contributed by atoms with Crippen molar-refractivity contribution in [1.29, 1.82) is 0 Å². The lowest BCUT2D eigenvalue weighted by atomic mass is 10.2. The normalized spacial score (nSPS) is 11.8. The van der Waals surface area contributed by atoms with E-state index >= 15 is 0 Å². The van der Waals surface area contributed by atoms with E-state index in [-0.39, 0.29) is 13.2 Å². The molecular formula is C12H14O4. The smallest absolute Gasteiger partial charge is 0.342 e. The molecular weight excluding hydrogens is 208 g/mol. The number of carbonyl (C=O) groups is 2. The molecule has 16 heavy (non-hydrogen) atoms. The van der Waals surface area contributed by atoms with E-state index in [1.54, 1.807) is 6.92 Å². The molecule has 1 aromatic carbocycles. The van der Waals surface area contributed by atoms with Crippen LogP contribution in [0.15, 0.2) is 30.3 Å². The van der Waals surface area contributed by atoms with Crippen molar-refractivity contribution in [2.24, 2.45) is 0 Å². The Balaban J connectivity index is 2.46. The maximum atomic E-state index is 11.2. The van der Waals surface area contributed by atoms with Crippen molar-refractivity contribution in [2.75, 3.05) is 6.61 Å². The third-order valence-corrected chi connectivity index (χ3v) is 1.91. The van der Waals surface area contributed by atoms with Gasteiger partial charge in [-0.3, -0.25) is 4.79 Å². The zero-order valence-corrected chi connectivity index (χ0v) is 9.09. The Bertz CT molecular complexity index is 334. The maximum Gasteiger partial charge on any atom is 0.342 e. The van der Waals surface area contributed by atoms with Gasteiger partial charge < -0.3 is 9.47 Å². The van der Waals surface area contributed by atoms with Gasteiger partial charge in [-0.2, -0.15) is 0 Å². The lowest BCUT2D eigenvalue weighted by molar-refractivity contribution is -0.158. The van der Waals surface area contributed by atoms with Gasteiger partial charge in [0.2, 0.25) is 6.10 Å². The van der Waals surface area contributed by atoms with Gasteiger partial charge in [-0.25, -0.2) is 4.79 Å². The van der Waals surface area contributed by atoms with Gasteiger partial charge >= 0.3 is 5.97 Å². The number of ether oxygens (including phenoxy) is 2. The van der Waals surface area contributed by atoms with Gasteiger partial charge in [-0.1, -0.05) is 30.3 Å². The summed E-state index contributed by atoms with van der Waals surface area (Å²) in [7, 11) is 0. The monoisotopic (exact) mass is 222 g/mol. The fraction of sp³-hybridized carbons (Fsp3) is 0.333. The highest BCUT2D eigenvalue weighted by atomic mass is 16.6. The second kappa shape index (κ2) is 6.74. The summed E-state index contributed by atoms with van der Waals surface area (Å²) >= 11 is 0. The van der Waals surface area contributed by atoms with E-state index < -0.39 is 12.1 Å². The largest absolute Gasteiger partial charge is 0.464 e. The van der Waals surface area contributed by atoms with Crippen molar-refractivity contribution in [1.82, 2.24) is 0 Å². The highest BCUT2D eigenvalue weighted by molar-refractivity contribution is 5.90. The van der Waals surface area contributed by atoms with Crippen LogP contribution in [0.2, 0.25) is 0 Å². The molecule has 1 aromatic rings. The van der Waals surface area contributed by atoms with Crippen molar-refractivity contribution in [2.45, 2.75) is 19.6 Å². The number of hydrogen-bond donors (Lipinski definition) is 0. The number of esters is 1. The fourth-order valence-electron chi connectivity index (χ4n) is 1.15. The van der Waals surface area contributed by atoms with E-state index in [1.807, 2.05) is 30.3 Å². The summed E-state index contributed by atoms with van der Waals surface area (Å²) in [5.41, 5.74) is 0.902. The topological polar surface area (TPSA) is 52.6 Å². The van der Waals surface area contributed by atoms with Crippen molar-refractivity contribution in [3.8, 4) is 0 Å². The molecule has 0 unspecified atom stereocenters. The molecule has 0 saturated heterocycles. The average molecular weight is 222 g/mol. The predicted octanol–water partition coefficient (Wildman–Crippen LogP) is 1.33. The highest BCUT2D eigenvalue weighted by Crippen LogP contribution is 2.03. The molecule has 0 aromatic heterocycles. The first-order valence-corrected chi connectivity index (χ1v) is 5.05. The van der Waals surface area contributed by atoms with Gasteiger partial charge in [0, 0.05) is 0 Å². The Labute approximate surface area is 94.2 Å². The van der Waals surface area contributed by atoms with E-state index in [1.165, 1.54) is 0 Å². The van der Waals surface area contributed by atoms with E-state index in [9.17, 15) is 9.59 Å². The number of carbonyl (C=O) groups excluding carboxylic acids is 2. The SMILES string of the molecule is CCOC(=O)[C@@H](C=O)OCc1ccccc1. The average Bonchev–Trinajstić information content (AvgIpc) is 2.31. The first-order chi connectivity index (χ1) is 7.77. The quantitative estimate of drug-likeness (QED) is 0.414. The first-order valence-electron chi connectivity index (χ1n) is 5.05. The molecule has 0 saturated carbocycles. The predicted molar refractivity (Wildman–Crippen MR) is 57.7 cm³/mol. The van der Waals surface area contributed by atoms with Gasteiger partial charge in [-0.15, -0.1) is 0 Å². The van der Waals surface area contributed by atoms with Crippen LogP contribution in [0, 0.1) is 0 Å². The number of aldehydes is 1. The van der Waals surface area contributed by atoms with Crippen molar-refractivity contribution < 1.29 is 19.1 Å². The van der Waals surface area contributed by atoms with E-state index in [2.05, 4.69) is 4.74 Å². The van der Waals surface area contributed by atoms with Gasteiger partial charge in [0.25, 0.3) is 0 Å². The second-order valence-electron chi connectivity index (χ2n) is 3.11. The Kier molecular flexibility index (Phi) is 5.22. The molecule has 0 aliphatic carbocycles. The first kappa shape index (κ1) is 12.4. The number of rotatable bonds is 6. The van der Waals surface area contributed by atoms with Gasteiger partial charge in [0.05, 0.1) is 13.2 Å². The minimum absolute atomic E-state index is 0.211. The van der Waals surface area contributed by atoms with E-state index in [4.69, 9.17) is 4.74 Å². The summed E-state index contributed by atoms with van der Waals surface area (Å²) in [5, 5.41) is 0. The lowest BCUT2D eigenvalue weighted by Crippen LogP contribution is -2.27. The Hall–Kier alpha value is -1.68. The van der Waals surface area contributed by atoms with Crippen LogP contribution in [-0.2, 0) is 25.7 Å². The van der Waals surface area contributed by atoms with Gasteiger partial charge in [0.1, 0.15) is 0 Å². The third-order valence-electron chi connectivity index (χ3n) is 1.91. The second-order valence-corrected chi connectivity index (χ2v) is 3.11.